The highest BCUT2D eigenvalue weighted by atomic mass is 16.3. The first kappa shape index (κ1) is 12.7. The number of benzene rings is 1. The molecule has 2 bridgehead atoms. The smallest absolute Gasteiger partial charge is 0.119 e. The Morgan fingerprint density at radius 2 is 2.10 bits per heavy atom. The lowest BCUT2D eigenvalue weighted by molar-refractivity contribution is 0.245. The van der Waals surface area contributed by atoms with E-state index in [0.29, 0.717) is 17.8 Å². The molecule has 1 aromatic rings. The summed E-state index contributed by atoms with van der Waals surface area (Å²) in [6, 6.07) is 7.05. The van der Waals surface area contributed by atoms with E-state index in [1.807, 2.05) is 12.1 Å². The SMILES string of the molecule is CC(NC1CCc2c(O)cccc21)C1CC2CCC1C2. The molecule has 0 heterocycles. The van der Waals surface area contributed by atoms with E-state index >= 15 is 0 Å². The van der Waals surface area contributed by atoms with Crippen molar-refractivity contribution in [1.82, 2.24) is 5.32 Å². The zero-order valence-corrected chi connectivity index (χ0v) is 12.3. The molecule has 2 heteroatoms. The summed E-state index contributed by atoms with van der Waals surface area (Å²) < 4.78 is 0. The molecule has 0 aromatic heterocycles. The molecule has 0 aliphatic heterocycles. The molecule has 2 nitrogen and oxygen atoms in total. The van der Waals surface area contributed by atoms with Gasteiger partial charge in [0.2, 0.25) is 0 Å². The van der Waals surface area contributed by atoms with E-state index in [2.05, 4.69) is 18.3 Å². The first-order valence-electron chi connectivity index (χ1n) is 8.29. The van der Waals surface area contributed by atoms with E-state index in [1.54, 1.807) is 0 Å². The predicted molar refractivity (Wildman–Crippen MR) is 80.7 cm³/mol. The zero-order chi connectivity index (χ0) is 13.7. The van der Waals surface area contributed by atoms with Crippen LogP contribution in [0.4, 0.5) is 0 Å². The summed E-state index contributed by atoms with van der Waals surface area (Å²) in [7, 11) is 0. The van der Waals surface area contributed by atoms with E-state index in [1.165, 1.54) is 36.8 Å². The first-order chi connectivity index (χ1) is 9.72. The van der Waals surface area contributed by atoms with Gasteiger partial charge in [0.1, 0.15) is 5.75 Å². The number of fused-ring (bicyclic) bond motifs is 3. The molecular weight excluding hydrogens is 246 g/mol. The number of hydrogen-bond donors (Lipinski definition) is 2. The Labute approximate surface area is 121 Å². The molecule has 0 saturated heterocycles. The van der Waals surface area contributed by atoms with Crippen LogP contribution < -0.4 is 5.32 Å². The summed E-state index contributed by atoms with van der Waals surface area (Å²) >= 11 is 0. The highest BCUT2D eigenvalue weighted by Gasteiger charge is 2.42. The third-order valence-electron chi connectivity index (χ3n) is 6.15. The van der Waals surface area contributed by atoms with Gasteiger partial charge < -0.3 is 10.4 Å². The van der Waals surface area contributed by atoms with Crippen LogP contribution in [-0.4, -0.2) is 11.1 Å². The van der Waals surface area contributed by atoms with Gasteiger partial charge in [0.05, 0.1) is 0 Å². The number of phenolic OH excluding ortho intramolecular Hbond substituents is 1. The van der Waals surface area contributed by atoms with Gasteiger partial charge in [-0.3, -0.25) is 0 Å². The molecule has 1 aromatic carbocycles. The van der Waals surface area contributed by atoms with Crippen LogP contribution in [0.1, 0.15) is 56.2 Å². The van der Waals surface area contributed by atoms with E-state index in [4.69, 9.17) is 0 Å². The van der Waals surface area contributed by atoms with Crippen molar-refractivity contribution in [2.45, 2.75) is 57.5 Å². The van der Waals surface area contributed by atoms with E-state index in [9.17, 15) is 5.11 Å². The molecule has 0 amide bonds. The second-order valence-electron chi connectivity index (χ2n) is 7.23. The molecule has 2 saturated carbocycles. The fourth-order valence-electron chi connectivity index (χ4n) is 5.16. The Morgan fingerprint density at radius 3 is 2.85 bits per heavy atom. The minimum atomic E-state index is 0.450. The zero-order valence-electron chi connectivity index (χ0n) is 12.3. The van der Waals surface area contributed by atoms with Crippen molar-refractivity contribution in [3.63, 3.8) is 0 Å². The molecule has 4 rings (SSSR count). The summed E-state index contributed by atoms with van der Waals surface area (Å²) in [6.07, 6.45) is 8.02. The Hall–Kier alpha value is -1.02. The van der Waals surface area contributed by atoms with Crippen molar-refractivity contribution in [2.24, 2.45) is 17.8 Å². The normalized spacial score (nSPS) is 36.2. The van der Waals surface area contributed by atoms with Gasteiger partial charge in [-0.15, -0.1) is 0 Å². The molecule has 0 radical (unpaired) electrons. The maximum Gasteiger partial charge on any atom is 0.119 e. The van der Waals surface area contributed by atoms with Crippen molar-refractivity contribution in [1.29, 1.82) is 0 Å². The average molecular weight is 271 g/mol. The van der Waals surface area contributed by atoms with Crippen molar-refractivity contribution < 1.29 is 5.11 Å². The van der Waals surface area contributed by atoms with Crippen LogP contribution in [0.3, 0.4) is 0 Å². The maximum absolute atomic E-state index is 9.95. The molecular formula is C18H25NO. The van der Waals surface area contributed by atoms with Gasteiger partial charge in [-0.25, -0.2) is 0 Å². The number of phenols is 1. The van der Waals surface area contributed by atoms with Gasteiger partial charge in [-0.05, 0) is 74.0 Å². The average Bonchev–Trinajstić information content (AvgIpc) is 3.14. The first-order valence-corrected chi connectivity index (χ1v) is 8.29. The third-order valence-corrected chi connectivity index (χ3v) is 6.15. The Morgan fingerprint density at radius 1 is 1.20 bits per heavy atom. The number of rotatable bonds is 3. The third kappa shape index (κ3) is 1.96. The standard InChI is InChI=1S/C18H25NO/c1-11(16-10-12-5-6-13(16)9-12)19-17-8-7-15-14(17)3-2-4-18(15)20/h2-4,11-13,16-17,19-20H,5-10H2,1H3. The second kappa shape index (κ2) is 4.77. The second-order valence-corrected chi connectivity index (χ2v) is 7.23. The van der Waals surface area contributed by atoms with Crippen molar-refractivity contribution in [3.8, 4) is 5.75 Å². The molecule has 5 atom stereocenters. The maximum atomic E-state index is 9.95. The van der Waals surface area contributed by atoms with Crippen LogP contribution in [-0.2, 0) is 6.42 Å². The molecule has 108 valence electrons. The lowest BCUT2D eigenvalue weighted by atomic mass is 9.83. The summed E-state index contributed by atoms with van der Waals surface area (Å²) in [5.41, 5.74) is 2.50. The Balaban J connectivity index is 1.47. The minimum absolute atomic E-state index is 0.450. The van der Waals surface area contributed by atoms with E-state index in [0.717, 1.165) is 30.6 Å². The van der Waals surface area contributed by atoms with Gasteiger partial charge in [-0.1, -0.05) is 18.6 Å². The molecule has 2 fully saturated rings. The van der Waals surface area contributed by atoms with Crippen molar-refractivity contribution in [3.05, 3.63) is 29.3 Å². The van der Waals surface area contributed by atoms with Crippen LogP contribution in [0, 0.1) is 17.8 Å². The lowest BCUT2D eigenvalue weighted by Gasteiger charge is -2.31. The summed E-state index contributed by atoms with van der Waals surface area (Å²) in [4.78, 5) is 0. The van der Waals surface area contributed by atoms with Crippen LogP contribution in [0.25, 0.3) is 0 Å². The van der Waals surface area contributed by atoms with Crippen LogP contribution in [0.5, 0.6) is 5.75 Å². The fourth-order valence-corrected chi connectivity index (χ4v) is 5.16. The molecule has 5 unspecified atom stereocenters. The quantitative estimate of drug-likeness (QED) is 0.876. The van der Waals surface area contributed by atoms with Gasteiger partial charge in [-0.2, -0.15) is 0 Å². The molecule has 2 N–H and O–H groups in total. The fraction of sp³-hybridized carbons (Fsp3) is 0.667. The minimum Gasteiger partial charge on any atom is -0.508 e. The number of aromatic hydroxyl groups is 1. The molecule has 3 aliphatic carbocycles. The van der Waals surface area contributed by atoms with Crippen molar-refractivity contribution >= 4 is 0 Å². The molecule has 3 aliphatic rings. The monoisotopic (exact) mass is 271 g/mol. The lowest BCUT2D eigenvalue weighted by Crippen LogP contribution is -2.38. The van der Waals surface area contributed by atoms with E-state index < -0.39 is 0 Å². The van der Waals surface area contributed by atoms with Crippen LogP contribution in [0.15, 0.2) is 18.2 Å². The topological polar surface area (TPSA) is 32.3 Å². The summed E-state index contributed by atoms with van der Waals surface area (Å²) in [5, 5.41) is 13.8. The van der Waals surface area contributed by atoms with E-state index in [-0.39, 0.29) is 0 Å². The Bertz CT molecular complexity index is 512. The highest BCUT2D eigenvalue weighted by molar-refractivity contribution is 5.44. The predicted octanol–water partition coefficient (Wildman–Crippen LogP) is 3.79. The van der Waals surface area contributed by atoms with Gasteiger partial charge in [0, 0.05) is 12.1 Å². The highest BCUT2D eigenvalue weighted by Crippen LogP contribution is 2.50. The van der Waals surface area contributed by atoms with Gasteiger partial charge in [0.15, 0.2) is 0 Å². The summed E-state index contributed by atoms with van der Waals surface area (Å²) in [6.45, 7) is 2.38. The van der Waals surface area contributed by atoms with Crippen LogP contribution >= 0.6 is 0 Å². The molecule has 0 spiro atoms. The summed E-state index contributed by atoms with van der Waals surface area (Å²) in [5.74, 6) is 3.37. The largest absolute Gasteiger partial charge is 0.508 e. The van der Waals surface area contributed by atoms with Crippen LogP contribution in [0.2, 0.25) is 0 Å². The molecule has 20 heavy (non-hydrogen) atoms. The van der Waals surface area contributed by atoms with Gasteiger partial charge >= 0.3 is 0 Å². The van der Waals surface area contributed by atoms with Crippen molar-refractivity contribution in [2.75, 3.05) is 0 Å². The number of nitrogens with one attached hydrogen (secondary N) is 1. The number of hydrogen-bond acceptors (Lipinski definition) is 2. The van der Waals surface area contributed by atoms with Gasteiger partial charge in [0.25, 0.3) is 0 Å². The Kier molecular flexibility index (Phi) is 3.03.